The second kappa shape index (κ2) is 4.62. The molecule has 1 aliphatic heterocycles. The topological polar surface area (TPSA) is 77.0 Å². The normalized spacial score (nSPS) is 18.2. The first kappa shape index (κ1) is 12.1. The SMILES string of the molecule is COc1cc(C(NC2CC2)C(=O)O)cc2c1OCO2. The smallest absolute Gasteiger partial charge is 0.325 e. The lowest BCUT2D eigenvalue weighted by Gasteiger charge is -2.16. The minimum Gasteiger partial charge on any atom is -0.493 e. The van der Waals surface area contributed by atoms with Crippen molar-refractivity contribution < 1.29 is 24.1 Å². The van der Waals surface area contributed by atoms with Crippen molar-refractivity contribution in [3.8, 4) is 17.2 Å². The van der Waals surface area contributed by atoms with Crippen molar-refractivity contribution >= 4 is 5.97 Å². The molecule has 1 atom stereocenters. The van der Waals surface area contributed by atoms with Crippen molar-refractivity contribution in [2.24, 2.45) is 0 Å². The van der Waals surface area contributed by atoms with Gasteiger partial charge < -0.3 is 19.3 Å². The largest absolute Gasteiger partial charge is 0.493 e. The molecular weight excluding hydrogens is 250 g/mol. The maximum atomic E-state index is 11.4. The predicted molar refractivity (Wildman–Crippen MR) is 65.7 cm³/mol. The summed E-state index contributed by atoms with van der Waals surface area (Å²) in [4.78, 5) is 11.4. The lowest BCUT2D eigenvalue weighted by Crippen LogP contribution is -2.30. The van der Waals surface area contributed by atoms with Gasteiger partial charge in [0, 0.05) is 6.04 Å². The minimum absolute atomic E-state index is 0.128. The Morgan fingerprint density at radius 3 is 2.89 bits per heavy atom. The van der Waals surface area contributed by atoms with Crippen molar-refractivity contribution in [2.75, 3.05) is 13.9 Å². The predicted octanol–water partition coefficient (Wildman–Crippen LogP) is 1.30. The van der Waals surface area contributed by atoms with E-state index in [1.165, 1.54) is 7.11 Å². The molecule has 1 heterocycles. The monoisotopic (exact) mass is 265 g/mol. The Bertz CT molecular complexity index is 512. The van der Waals surface area contributed by atoms with Crippen LogP contribution in [0.15, 0.2) is 12.1 Å². The molecule has 1 aromatic carbocycles. The van der Waals surface area contributed by atoms with Gasteiger partial charge >= 0.3 is 5.97 Å². The second-order valence-corrected chi connectivity index (χ2v) is 4.67. The van der Waals surface area contributed by atoms with E-state index < -0.39 is 12.0 Å². The van der Waals surface area contributed by atoms with Gasteiger partial charge in [-0.05, 0) is 30.5 Å². The highest BCUT2D eigenvalue weighted by molar-refractivity contribution is 5.76. The number of nitrogens with one attached hydrogen (secondary N) is 1. The van der Waals surface area contributed by atoms with Gasteiger partial charge in [0.05, 0.1) is 7.11 Å². The van der Waals surface area contributed by atoms with Crippen LogP contribution in [0.2, 0.25) is 0 Å². The molecular formula is C13H15NO5. The highest BCUT2D eigenvalue weighted by Gasteiger charge is 2.31. The van der Waals surface area contributed by atoms with E-state index in [0.717, 1.165) is 12.8 Å². The molecule has 19 heavy (non-hydrogen) atoms. The van der Waals surface area contributed by atoms with Crippen molar-refractivity contribution in [3.05, 3.63) is 17.7 Å². The van der Waals surface area contributed by atoms with Gasteiger partial charge in [0.1, 0.15) is 6.04 Å². The van der Waals surface area contributed by atoms with Crippen LogP contribution in [0.1, 0.15) is 24.4 Å². The Morgan fingerprint density at radius 1 is 1.47 bits per heavy atom. The van der Waals surface area contributed by atoms with E-state index in [9.17, 15) is 9.90 Å². The fourth-order valence-corrected chi connectivity index (χ4v) is 2.11. The molecule has 2 N–H and O–H groups in total. The van der Waals surface area contributed by atoms with E-state index in [1.807, 2.05) is 0 Å². The van der Waals surface area contributed by atoms with E-state index in [4.69, 9.17) is 14.2 Å². The zero-order valence-corrected chi connectivity index (χ0v) is 10.5. The highest BCUT2D eigenvalue weighted by atomic mass is 16.7. The van der Waals surface area contributed by atoms with E-state index >= 15 is 0 Å². The van der Waals surface area contributed by atoms with Crippen molar-refractivity contribution in [2.45, 2.75) is 24.9 Å². The number of hydrogen-bond acceptors (Lipinski definition) is 5. The maximum Gasteiger partial charge on any atom is 0.325 e. The van der Waals surface area contributed by atoms with E-state index in [1.54, 1.807) is 12.1 Å². The van der Waals surface area contributed by atoms with Gasteiger partial charge in [-0.2, -0.15) is 0 Å². The summed E-state index contributed by atoms with van der Waals surface area (Å²) in [6.45, 7) is 0.128. The van der Waals surface area contributed by atoms with Crippen LogP contribution in [-0.4, -0.2) is 31.0 Å². The Hall–Kier alpha value is -1.95. The van der Waals surface area contributed by atoms with Crippen LogP contribution in [0.4, 0.5) is 0 Å². The third-order valence-corrected chi connectivity index (χ3v) is 3.24. The standard InChI is InChI=1S/C13H15NO5/c1-17-9-4-7(5-10-12(9)19-6-18-10)11(13(15)16)14-8-2-3-8/h4-5,8,11,14H,2-3,6H2,1H3,(H,15,16). The second-order valence-electron chi connectivity index (χ2n) is 4.67. The number of benzene rings is 1. The summed E-state index contributed by atoms with van der Waals surface area (Å²) in [6, 6.07) is 2.91. The van der Waals surface area contributed by atoms with Gasteiger partial charge in [-0.3, -0.25) is 10.1 Å². The molecule has 102 valence electrons. The summed E-state index contributed by atoms with van der Waals surface area (Å²) in [7, 11) is 1.52. The number of carboxylic acid groups (broad SMARTS) is 1. The minimum atomic E-state index is -0.909. The number of hydrogen-bond donors (Lipinski definition) is 2. The van der Waals surface area contributed by atoms with Crippen LogP contribution >= 0.6 is 0 Å². The van der Waals surface area contributed by atoms with E-state index in [2.05, 4.69) is 5.32 Å². The highest BCUT2D eigenvalue weighted by Crippen LogP contribution is 2.43. The van der Waals surface area contributed by atoms with Gasteiger partial charge in [-0.1, -0.05) is 0 Å². The number of aliphatic carboxylic acids is 1. The Morgan fingerprint density at radius 2 is 2.26 bits per heavy atom. The molecule has 3 rings (SSSR count). The molecule has 1 saturated carbocycles. The zero-order chi connectivity index (χ0) is 13.4. The molecule has 1 aliphatic carbocycles. The lowest BCUT2D eigenvalue weighted by molar-refractivity contribution is -0.139. The van der Waals surface area contributed by atoms with Crippen LogP contribution in [0.5, 0.6) is 17.2 Å². The number of carboxylic acids is 1. The van der Waals surface area contributed by atoms with Gasteiger partial charge in [0.25, 0.3) is 0 Å². The molecule has 0 aromatic heterocycles. The molecule has 1 unspecified atom stereocenters. The van der Waals surface area contributed by atoms with Crippen LogP contribution in [0.25, 0.3) is 0 Å². The third-order valence-electron chi connectivity index (χ3n) is 3.24. The molecule has 2 aliphatic rings. The first-order valence-corrected chi connectivity index (χ1v) is 6.15. The first-order valence-electron chi connectivity index (χ1n) is 6.15. The fourth-order valence-electron chi connectivity index (χ4n) is 2.11. The molecule has 6 heteroatoms. The molecule has 0 spiro atoms. The van der Waals surface area contributed by atoms with E-state index in [-0.39, 0.29) is 12.8 Å². The quantitative estimate of drug-likeness (QED) is 0.835. The van der Waals surface area contributed by atoms with Gasteiger partial charge in [0.15, 0.2) is 11.5 Å². The summed E-state index contributed by atoms with van der Waals surface area (Å²) in [5.41, 5.74) is 0.612. The maximum absolute atomic E-state index is 11.4. The number of rotatable bonds is 5. The summed E-state index contributed by atoms with van der Waals surface area (Å²) in [5.74, 6) is 0.640. The number of methoxy groups -OCH3 is 1. The van der Waals surface area contributed by atoms with E-state index in [0.29, 0.717) is 22.8 Å². The summed E-state index contributed by atoms with van der Waals surface area (Å²) in [5, 5.41) is 12.4. The van der Waals surface area contributed by atoms with Crippen molar-refractivity contribution in [1.29, 1.82) is 0 Å². The summed E-state index contributed by atoms with van der Waals surface area (Å²) < 4.78 is 15.8. The molecule has 1 aromatic rings. The van der Waals surface area contributed by atoms with Gasteiger partial charge in [0.2, 0.25) is 12.5 Å². The molecule has 1 fully saturated rings. The zero-order valence-electron chi connectivity index (χ0n) is 10.5. The van der Waals surface area contributed by atoms with Crippen LogP contribution in [-0.2, 0) is 4.79 Å². The number of carbonyl (C=O) groups is 1. The Kier molecular flexibility index (Phi) is 2.94. The molecule has 0 saturated heterocycles. The average molecular weight is 265 g/mol. The summed E-state index contributed by atoms with van der Waals surface area (Å²) in [6.07, 6.45) is 2.04. The number of ether oxygens (including phenoxy) is 3. The van der Waals surface area contributed by atoms with Crippen LogP contribution in [0.3, 0.4) is 0 Å². The number of fused-ring (bicyclic) bond motifs is 1. The summed E-state index contributed by atoms with van der Waals surface area (Å²) >= 11 is 0. The fraction of sp³-hybridized carbons (Fsp3) is 0.462. The van der Waals surface area contributed by atoms with Crippen LogP contribution < -0.4 is 19.5 Å². The van der Waals surface area contributed by atoms with Gasteiger partial charge in [-0.15, -0.1) is 0 Å². The van der Waals surface area contributed by atoms with Crippen molar-refractivity contribution in [1.82, 2.24) is 5.32 Å². The lowest BCUT2D eigenvalue weighted by atomic mass is 10.1. The van der Waals surface area contributed by atoms with Crippen molar-refractivity contribution in [3.63, 3.8) is 0 Å². The molecule has 0 bridgehead atoms. The Balaban J connectivity index is 1.95. The molecule has 6 nitrogen and oxygen atoms in total. The third kappa shape index (κ3) is 2.31. The van der Waals surface area contributed by atoms with Gasteiger partial charge in [-0.25, -0.2) is 0 Å². The molecule has 0 amide bonds. The Labute approximate surface area is 110 Å². The average Bonchev–Trinajstić information content (AvgIpc) is 3.09. The molecule has 0 radical (unpaired) electrons. The first-order chi connectivity index (χ1) is 9.19. The van der Waals surface area contributed by atoms with Crippen LogP contribution in [0, 0.1) is 0 Å².